The van der Waals surface area contributed by atoms with Crippen molar-refractivity contribution in [2.75, 3.05) is 6.54 Å². The number of imide groups is 1. The van der Waals surface area contributed by atoms with Crippen LogP contribution in [0.3, 0.4) is 0 Å². The van der Waals surface area contributed by atoms with Gasteiger partial charge in [0.05, 0.1) is 9.83 Å². The molecular weight excluding hydrogens is 292 g/mol. The summed E-state index contributed by atoms with van der Waals surface area (Å²) in [7, 11) is 0. The van der Waals surface area contributed by atoms with E-state index in [9.17, 15) is 19.7 Å². The van der Waals surface area contributed by atoms with Crippen LogP contribution >= 0.6 is 11.8 Å². The zero-order valence-corrected chi connectivity index (χ0v) is 12.1. The summed E-state index contributed by atoms with van der Waals surface area (Å²) >= 11 is 0.816. The van der Waals surface area contributed by atoms with E-state index in [-0.39, 0.29) is 22.4 Å². The van der Waals surface area contributed by atoms with Crippen molar-refractivity contribution in [3.63, 3.8) is 0 Å². The Morgan fingerprint density at radius 2 is 2.14 bits per heavy atom. The summed E-state index contributed by atoms with van der Waals surface area (Å²) in [5, 5.41) is 10.5. The van der Waals surface area contributed by atoms with Crippen molar-refractivity contribution in [2.24, 2.45) is 0 Å². The first-order chi connectivity index (χ1) is 9.93. The second-order valence-corrected chi connectivity index (χ2v) is 5.38. The molecule has 0 bridgehead atoms. The first-order valence-electron chi connectivity index (χ1n) is 6.05. The first kappa shape index (κ1) is 15.0. The molecule has 1 aliphatic heterocycles. The average molecular weight is 304 g/mol. The van der Waals surface area contributed by atoms with Gasteiger partial charge in [-0.3, -0.25) is 24.6 Å². The van der Waals surface area contributed by atoms with Gasteiger partial charge in [0.25, 0.3) is 16.8 Å². The molecule has 1 heterocycles. The molecule has 6 nitrogen and oxygen atoms in total. The molecule has 0 atom stereocenters. The maximum absolute atomic E-state index is 12.0. The second-order valence-electron chi connectivity index (χ2n) is 4.38. The van der Waals surface area contributed by atoms with Crippen LogP contribution in [0.25, 0.3) is 6.08 Å². The van der Waals surface area contributed by atoms with Crippen LogP contribution in [-0.4, -0.2) is 27.5 Å². The van der Waals surface area contributed by atoms with Gasteiger partial charge in [-0.05, 0) is 30.3 Å². The summed E-state index contributed by atoms with van der Waals surface area (Å²) in [6.45, 7) is 5.28. The fourth-order valence-corrected chi connectivity index (χ4v) is 2.70. The van der Waals surface area contributed by atoms with Crippen molar-refractivity contribution in [3.8, 4) is 0 Å². The maximum atomic E-state index is 12.0. The van der Waals surface area contributed by atoms with E-state index in [1.807, 2.05) is 0 Å². The van der Waals surface area contributed by atoms with E-state index in [2.05, 4.69) is 6.58 Å². The lowest BCUT2D eigenvalue weighted by molar-refractivity contribution is -0.385. The molecule has 0 spiro atoms. The summed E-state index contributed by atoms with van der Waals surface area (Å²) < 4.78 is 0. The third-order valence-corrected chi connectivity index (χ3v) is 3.82. The second kappa shape index (κ2) is 5.92. The summed E-state index contributed by atoms with van der Waals surface area (Å²) in [6, 6.07) is 4.67. The van der Waals surface area contributed by atoms with Crippen LogP contribution in [0.1, 0.15) is 11.1 Å². The van der Waals surface area contributed by atoms with Gasteiger partial charge in [0.1, 0.15) is 0 Å². The van der Waals surface area contributed by atoms with E-state index >= 15 is 0 Å². The number of hydrogen-bond donors (Lipinski definition) is 0. The SMILES string of the molecule is C=CCN1C(=O)S/C(=C\c2ccc(C)c([N+](=O)[O-])c2)C1=O. The number of hydrogen-bond acceptors (Lipinski definition) is 5. The lowest BCUT2D eigenvalue weighted by atomic mass is 10.1. The lowest BCUT2D eigenvalue weighted by Gasteiger charge is -2.07. The molecule has 108 valence electrons. The molecular formula is C14H12N2O4S. The van der Waals surface area contributed by atoms with Crippen molar-refractivity contribution in [1.29, 1.82) is 0 Å². The Labute approximate surface area is 125 Å². The third-order valence-electron chi connectivity index (χ3n) is 2.91. The zero-order chi connectivity index (χ0) is 15.6. The number of nitrogens with zero attached hydrogens (tertiary/aromatic N) is 2. The highest BCUT2D eigenvalue weighted by atomic mass is 32.2. The molecule has 21 heavy (non-hydrogen) atoms. The first-order valence-corrected chi connectivity index (χ1v) is 6.87. The third kappa shape index (κ3) is 3.03. The van der Waals surface area contributed by atoms with Crippen molar-refractivity contribution in [2.45, 2.75) is 6.92 Å². The van der Waals surface area contributed by atoms with E-state index in [1.165, 1.54) is 18.2 Å². The van der Waals surface area contributed by atoms with Crippen LogP contribution in [0.15, 0.2) is 35.8 Å². The molecule has 1 saturated heterocycles. The van der Waals surface area contributed by atoms with Gasteiger partial charge in [-0.25, -0.2) is 0 Å². The number of carbonyl (C=O) groups excluding carboxylic acids is 2. The zero-order valence-electron chi connectivity index (χ0n) is 11.2. The Balaban J connectivity index is 2.35. The normalized spacial score (nSPS) is 16.6. The Hall–Kier alpha value is -2.41. The van der Waals surface area contributed by atoms with E-state index in [0.29, 0.717) is 11.1 Å². The summed E-state index contributed by atoms with van der Waals surface area (Å²) in [5.74, 6) is -0.409. The van der Waals surface area contributed by atoms with E-state index in [4.69, 9.17) is 0 Å². The fourth-order valence-electron chi connectivity index (χ4n) is 1.85. The average Bonchev–Trinajstić information content (AvgIpc) is 2.69. The van der Waals surface area contributed by atoms with Gasteiger partial charge in [-0.1, -0.05) is 18.2 Å². The number of nitro benzene ring substituents is 1. The standard InChI is InChI=1S/C14H12N2O4S/c1-3-6-15-13(17)12(21-14(15)18)8-10-5-4-9(2)11(7-10)16(19)20/h3-5,7-8H,1,6H2,2H3/b12-8-. The lowest BCUT2D eigenvalue weighted by Crippen LogP contribution is -2.27. The van der Waals surface area contributed by atoms with Crippen molar-refractivity contribution in [1.82, 2.24) is 4.90 Å². The Morgan fingerprint density at radius 3 is 2.76 bits per heavy atom. The fraction of sp³-hybridized carbons (Fsp3) is 0.143. The number of aryl methyl sites for hydroxylation is 1. The smallest absolute Gasteiger partial charge is 0.268 e. The molecule has 1 aliphatic rings. The topological polar surface area (TPSA) is 80.5 Å². The van der Waals surface area contributed by atoms with Crippen LogP contribution in [0.2, 0.25) is 0 Å². The molecule has 7 heteroatoms. The van der Waals surface area contributed by atoms with Gasteiger partial charge < -0.3 is 0 Å². The minimum Gasteiger partial charge on any atom is -0.268 e. The minimum atomic E-state index is -0.476. The number of benzene rings is 1. The molecule has 0 aliphatic carbocycles. The highest BCUT2D eigenvalue weighted by Gasteiger charge is 2.34. The number of carbonyl (C=O) groups is 2. The van der Waals surface area contributed by atoms with E-state index < -0.39 is 10.8 Å². The van der Waals surface area contributed by atoms with Crippen LogP contribution in [0.5, 0.6) is 0 Å². The summed E-state index contributed by atoms with van der Waals surface area (Å²) in [4.78, 5) is 35.5. The van der Waals surface area contributed by atoms with Crippen molar-refractivity contribution < 1.29 is 14.5 Å². The molecule has 0 radical (unpaired) electrons. The van der Waals surface area contributed by atoms with E-state index in [0.717, 1.165) is 16.7 Å². The number of rotatable bonds is 4. The molecule has 1 fully saturated rings. The van der Waals surface area contributed by atoms with Gasteiger partial charge >= 0.3 is 0 Å². The molecule has 0 aromatic heterocycles. The highest BCUT2D eigenvalue weighted by molar-refractivity contribution is 8.18. The Kier molecular flexibility index (Phi) is 4.23. The Morgan fingerprint density at radius 1 is 1.43 bits per heavy atom. The monoisotopic (exact) mass is 304 g/mol. The molecule has 1 aromatic carbocycles. The molecule has 1 aromatic rings. The Bertz CT molecular complexity index is 682. The number of thioether (sulfide) groups is 1. The predicted octanol–water partition coefficient (Wildman–Crippen LogP) is 3.13. The predicted molar refractivity (Wildman–Crippen MR) is 80.7 cm³/mol. The van der Waals surface area contributed by atoms with E-state index in [1.54, 1.807) is 19.1 Å². The molecule has 0 unspecified atom stereocenters. The van der Waals surface area contributed by atoms with Gasteiger partial charge in [-0.2, -0.15) is 0 Å². The molecule has 2 amide bonds. The molecule has 0 N–H and O–H groups in total. The summed E-state index contributed by atoms with van der Waals surface area (Å²) in [5.41, 5.74) is 1.03. The molecule has 2 rings (SSSR count). The van der Waals surface area contributed by atoms with Gasteiger partial charge in [-0.15, -0.1) is 6.58 Å². The number of amides is 2. The largest absolute Gasteiger partial charge is 0.293 e. The number of nitro groups is 1. The van der Waals surface area contributed by atoms with Crippen LogP contribution < -0.4 is 0 Å². The minimum absolute atomic E-state index is 0.0194. The van der Waals surface area contributed by atoms with Gasteiger partial charge in [0, 0.05) is 18.2 Å². The van der Waals surface area contributed by atoms with Gasteiger partial charge in [0.15, 0.2) is 0 Å². The molecule has 0 saturated carbocycles. The maximum Gasteiger partial charge on any atom is 0.293 e. The van der Waals surface area contributed by atoms with Crippen molar-refractivity contribution in [3.05, 3.63) is 57.0 Å². The van der Waals surface area contributed by atoms with Crippen molar-refractivity contribution >= 4 is 34.7 Å². The quantitative estimate of drug-likeness (QED) is 0.369. The van der Waals surface area contributed by atoms with Gasteiger partial charge in [0.2, 0.25) is 0 Å². The van der Waals surface area contributed by atoms with Crippen LogP contribution in [0, 0.1) is 17.0 Å². The van der Waals surface area contributed by atoms with Crippen LogP contribution in [-0.2, 0) is 4.79 Å². The summed E-state index contributed by atoms with van der Waals surface area (Å²) in [6.07, 6.45) is 2.95. The van der Waals surface area contributed by atoms with Crippen LogP contribution in [0.4, 0.5) is 10.5 Å². The highest BCUT2D eigenvalue weighted by Crippen LogP contribution is 2.32.